The molecular weight excluding hydrogens is 466 g/mol. The number of rotatable bonds is 6. The number of anilines is 2. The molecule has 0 aliphatic rings. The van der Waals surface area contributed by atoms with Crippen LogP contribution in [0, 0.1) is 6.92 Å². The van der Waals surface area contributed by atoms with E-state index in [9.17, 15) is 13.2 Å². The SMILES string of the molecule is Cc1ccc(C(=O)Nc2nc(-c3cccc(NS(=O)(=O)c4ccc(Cl)cc4)c3)cs2)cc1. The van der Waals surface area contributed by atoms with Crippen LogP contribution >= 0.6 is 22.9 Å². The van der Waals surface area contributed by atoms with Crippen molar-refractivity contribution < 1.29 is 13.2 Å². The molecule has 162 valence electrons. The van der Waals surface area contributed by atoms with Crippen molar-refractivity contribution in [3.05, 3.63) is 94.3 Å². The summed E-state index contributed by atoms with van der Waals surface area (Å²) in [6.45, 7) is 1.96. The molecule has 4 rings (SSSR count). The fourth-order valence-electron chi connectivity index (χ4n) is 2.91. The Bertz CT molecular complexity index is 1370. The largest absolute Gasteiger partial charge is 0.298 e. The number of hydrogen-bond donors (Lipinski definition) is 2. The van der Waals surface area contributed by atoms with Crippen LogP contribution in [0.3, 0.4) is 0 Å². The molecule has 4 aromatic rings. The number of carbonyl (C=O) groups excluding carboxylic acids is 1. The minimum atomic E-state index is -3.76. The first-order valence-corrected chi connectivity index (χ1v) is 12.3. The number of thiazole rings is 1. The predicted molar refractivity (Wildman–Crippen MR) is 129 cm³/mol. The average Bonchev–Trinajstić information content (AvgIpc) is 3.23. The maximum absolute atomic E-state index is 12.6. The van der Waals surface area contributed by atoms with E-state index in [1.807, 2.05) is 25.1 Å². The van der Waals surface area contributed by atoms with Gasteiger partial charge in [0.25, 0.3) is 15.9 Å². The van der Waals surface area contributed by atoms with Gasteiger partial charge in [0.2, 0.25) is 0 Å². The fraction of sp³-hybridized carbons (Fsp3) is 0.0435. The molecule has 0 spiro atoms. The molecule has 6 nitrogen and oxygen atoms in total. The number of halogens is 1. The maximum atomic E-state index is 12.6. The van der Waals surface area contributed by atoms with Crippen LogP contribution in [0.2, 0.25) is 5.02 Å². The molecule has 0 bridgehead atoms. The van der Waals surface area contributed by atoms with Gasteiger partial charge in [0.05, 0.1) is 10.6 Å². The summed E-state index contributed by atoms with van der Waals surface area (Å²) in [5.74, 6) is -0.240. The Balaban J connectivity index is 1.50. The lowest BCUT2D eigenvalue weighted by Gasteiger charge is -2.09. The van der Waals surface area contributed by atoms with Gasteiger partial charge in [-0.15, -0.1) is 11.3 Å². The summed E-state index contributed by atoms with van der Waals surface area (Å²) in [7, 11) is -3.76. The van der Waals surface area contributed by atoms with Gasteiger partial charge < -0.3 is 0 Å². The first-order chi connectivity index (χ1) is 15.3. The lowest BCUT2D eigenvalue weighted by molar-refractivity contribution is 0.102. The van der Waals surface area contributed by atoms with Crippen molar-refractivity contribution in [3.8, 4) is 11.3 Å². The summed E-state index contributed by atoms with van der Waals surface area (Å²) in [4.78, 5) is 17.0. The Morgan fingerprint density at radius 2 is 1.72 bits per heavy atom. The van der Waals surface area contributed by atoms with Crippen LogP contribution in [0.15, 0.2) is 83.1 Å². The molecule has 0 saturated heterocycles. The predicted octanol–water partition coefficient (Wildman–Crippen LogP) is 5.83. The second-order valence-electron chi connectivity index (χ2n) is 7.00. The zero-order valence-corrected chi connectivity index (χ0v) is 19.3. The highest BCUT2D eigenvalue weighted by atomic mass is 35.5. The summed E-state index contributed by atoms with van der Waals surface area (Å²) in [5.41, 5.74) is 3.36. The standard InChI is InChI=1S/C23H18ClN3O3S2/c1-15-5-7-16(8-6-15)22(28)26-23-25-21(14-31-23)17-3-2-4-19(13-17)27-32(29,30)20-11-9-18(24)10-12-20/h2-14,27H,1H3,(H,25,26,28). The molecule has 0 unspecified atom stereocenters. The van der Waals surface area contributed by atoms with Crippen molar-refractivity contribution in [2.45, 2.75) is 11.8 Å². The summed E-state index contributed by atoms with van der Waals surface area (Å²) in [6.07, 6.45) is 0. The normalized spacial score (nSPS) is 11.2. The molecule has 2 N–H and O–H groups in total. The van der Waals surface area contributed by atoms with Crippen LogP contribution in [0.1, 0.15) is 15.9 Å². The lowest BCUT2D eigenvalue weighted by atomic mass is 10.1. The topological polar surface area (TPSA) is 88.2 Å². The summed E-state index contributed by atoms with van der Waals surface area (Å²) in [6, 6.07) is 20.1. The molecule has 1 heterocycles. The zero-order valence-electron chi connectivity index (χ0n) is 16.9. The van der Waals surface area contributed by atoms with Crippen LogP contribution in [0.4, 0.5) is 10.8 Å². The quantitative estimate of drug-likeness (QED) is 0.361. The number of hydrogen-bond acceptors (Lipinski definition) is 5. The van der Waals surface area contributed by atoms with Crippen molar-refractivity contribution in [2.75, 3.05) is 10.0 Å². The van der Waals surface area contributed by atoms with Crippen LogP contribution in [-0.4, -0.2) is 19.3 Å². The highest BCUT2D eigenvalue weighted by molar-refractivity contribution is 7.92. The van der Waals surface area contributed by atoms with Crippen LogP contribution < -0.4 is 10.0 Å². The third-order valence-electron chi connectivity index (χ3n) is 4.57. The molecule has 0 atom stereocenters. The average molecular weight is 484 g/mol. The minimum Gasteiger partial charge on any atom is -0.298 e. The van der Waals surface area contributed by atoms with E-state index in [1.165, 1.54) is 35.6 Å². The van der Waals surface area contributed by atoms with Crippen molar-refractivity contribution >= 4 is 49.7 Å². The molecular formula is C23H18ClN3O3S2. The fourth-order valence-corrected chi connectivity index (χ4v) is 4.80. The number of aryl methyl sites for hydroxylation is 1. The third kappa shape index (κ3) is 5.16. The molecule has 32 heavy (non-hydrogen) atoms. The smallest absolute Gasteiger partial charge is 0.261 e. The van der Waals surface area contributed by atoms with Crippen LogP contribution in [0.5, 0.6) is 0 Å². The monoisotopic (exact) mass is 483 g/mol. The molecule has 0 saturated carbocycles. The van der Waals surface area contributed by atoms with E-state index in [2.05, 4.69) is 15.0 Å². The van der Waals surface area contributed by atoms with E-state index in [0.29, 0.717) is 32.7 Å². The molecule has 0 radical (unpaired) electrons. The van der Waals surface area contributed by atoms with Gasteiger partial charge in [0.15, 0.2) is 5.13 Å². The number of nitrogens with zero attached hydrogens (tertiary/aromatic N) is 1. The Morgan fingerprint density at radius 3 is 2.44 bits per heavy atom. The van der Waals surface area contributed by atoms with Crippen molar-refractivity contribution in [2.24, 2.45) is 0 Å². The van der Waals surface area contributed by atoms with E-state index in [1.54, 1.807) is 35.7 Å². The van der Waals surface area contributed by atoms with Gasteiger partial charge in [-0.1, -0.05) is 41.4 Å². The van der Waals surface area contributed by atoms with E-state index >= 15 is 0 Å². The molecule has 0 fully saturated rings. The molecule has 9 heteroatoms. The zero-order chi connectivity index (χ0) is 22.7. The van der Waals surface area contributed by atoms with Gasteiger partial charge in [-0.2, -0.15) is 0 Å². The van der Waals surface area contributed by atoms with Gasteiger partial charge in [0.1, 0.15) is 0 Å². The first kappa shape index (κ1) is 22.0. The molecule has 0 aliphatic heterocycles. The second kappa shape index (κ2) is 9.12. The van der Waals surface area contributed by atoms with Gasteiger partial charge in [-0.3, -0.25) is 14.8 Å². The van der Waals surface area contributed by atoms with Crippen molar-refractivity contribution in [3.63, 3.8) is 0 Å². The number of amides is 1. The van der Waals surface area contributed by atoms with Crippen molar-refractivity contribution in [1.29, 1.82) is 0 Å². The third-order valence-corrected chi connectivity index (χ3v) is 6.98. The second-order valence-corrected chi connectivity index (χ2v) is 9.98. The molecule has 0 aliphatic carbocycles. The highest BCUT2D eigenvalue weighted by Gasteiger charge is 2.15. The Morgan fingerprint density at radius 1 is 1.00 bits per heavy atom. The van der Waals surface area contributed by atoms with E-state index in [-0.39, 0.29) is 10.8 Å². The number of benzene rings is 3. The van der Waals surface area contributed by atoms with Gasteiger partial charge in [-0.05, 0) is 55.5 Å². The van der Waals surface area contributed by atoms with Crippen molar-refractivity contribution in [1.82, 2.24) is 4.98 Å². The van der Waals surface area contributed by atoms with E-state index in [0.717, 1.165) is 5.56 Å². The number of aromatic nitrogens is 1. The minimum absolute atomic E-state index is 0.113. The maximum Gasteiger partial charge on any atom is 0.261 e. The molecule has 1 amide bonds. The van der Waals surface area contributed by atoms with E-state index in [4.69, 9.17) is 11.6 Å². The molecule has 1 aromatic heterocycles. The Hall–Kier alpha value is -3.20. The van der Waals surface area contributed by atoms with Gasteiger partial charge >= 0.3 is 0 Å². The molecule has 3 aromatic carbocycles. The number of nitrogens with one attached hydrogen (secondary N) is 2. The summed E-state index contributed by atoms with van der Waals surface area (Å²) >= 11 is 7.13. The van der Waals surface area contributed by atoms with E-state index < -0.39 is 10.0 Å². The first-order valence-electron chi connectivity index (χ1n) is 9.52. The summed E-state index contributed by atoms with van der Waals surface area (Å²) in [5, 5.41) is 5.51. The van der Waals surface area contributed by atoms with Gasteiger partial charge in [-0.25, -0.2) is 13.4 Å². The summed E-state index contributed by atoms with van der Waals surface area (Å²) < 4.78 is 27.8. The van der Waals surface area contributed by atoms with Crippen LogP contribution in [-0.2, 0) is 10.0 Å². The Kier molecular flexibility index (Phi) is 6.27. The highest BCUT2D eigenvalue weighted by Crippen LogP contribution is 2.28. The van der Waals surface area contributed by atoms with Gasteiger partial charge in [0, 0.05) is 27.2 Å². The number of carbonyl (C=O) groups is 1. The lowest BCUT2D eigenvalue weighted by Crippen LogP contribution is -2.12. The van der Waals surface area contributed by atoms with Crippen LogP contribution in [0.25, 0.3) is 11.3 Å². The Labute approximate surface area is 195 Å². The number of sulfonamides is 1.